The maximum atomic E-state index is 11.8. The van der Waals surface area contributed by atoms with Gasteiger partial charge in [0.15, 0.2) is 0 Å². The van der Waals surface area contributed by atoms with Gasteiger partial charge in [-0.15, -0.1) is 0 Å². The van der Waals surface area contributed by atoms with Crippen molar-refractivity contribution in [2.75, 3.05) is 17.2 Å². The van der Waals surface area contributed by atoms with E-state index in [2.05, 4.69) is 4.98 Å². The summed E-state index contributed by atoms with van der Waals surface area (Å²) in [5.41, 5.74) is 0. The van der Waals surface area contributed by atoms with Crippen LogP contribution < -0.4 is 10.0 Å². The Morgan fingerprint density at radius 2 is 2.22 bits per heavy atom. The quantitative estimate of drug-likeness (QED) is 0.814. The lowest BCUT2D eigenvalue weighted by molar-refractivity contribution is -0.117. The van der Waals surface area contributed by atoms with Crippen molar-refractivity contribution in [3.05, 3.63) is 23.4 Å². The first-order chi connectivity index (χ1) is 8.35. The van der Waals surface area contributed by atoms with Crippen molar-refractivity contribution < 1.29 is 13.2 Å². The van der Waals surface area contributed by atoms with Gasteiger partial charge in [-0.25, -0.2) is 18.5 Å². The SMILES string of the molecule is NS(=O)(=O)CC1CC(=O)N(c2cccc(Cl)n2)C1. The Hall–Kier alpha value is -1.18. The van der Waals surface area contributed by atoms with Crippen LogP contribution in [0.2, 0.25) is 5.15 Å². The fourth-order valence-corrected chi connectivity index (χ4v) is 3.03. The summed E-state index contributed by atoms with van der Waals surface area (Å²) in [6, 6.07) is 4.95. The number of hydrogen-bond acceptors (Lipinski definition) is 4. The van der Waals surface area contributed by atoms with Crippen molar-refractivity contribution >= 4 is 33.3 Å². The molecule has 1 aliphatic heterocycles. The average molecular weight is 290 g/mol. The third-order valence-electron chi connectivity index (χ3n) is 2.65. The van der Waals surface area contributed by atoms with Crippen LogP contribution in [0.3, 0.4) is 0 Å². The Labute approximate surface area is 110 Å². The number of hydrogen-bond donors (Lipinski definition) is 1. The lowest BCUT2D eigenvalue weighted by Crippen LogP contribution is -2.28. The van der Waals surface area contributed by atoms with Crippen LogP contribution in [0.5, 0.6) is 0 Å². The van der Waals surface area contributed by atoms with Gasteiger partial charge in [-0.2, -0.15) is 0 Å². The number of pyridine rings is 1. The number of sulfonamides is 1. The van der Waals surface area contributed by atoms with E-state index in [0.717, 1.165) is 0 Å². The van der Waals surface area contributed by atoms with E-state index >= 15 is 0 Å². The highest BCUT2D eigenvalue weighted by Gasteiger charge is 2.33. The van der Waals surface area contributed by atoms with Gasteiger partial charge in [-0.1, -0.05) is 17.7 Å². The molecule has 1 saturated heterocycles. The summed E-state index contributed by atoms with van der Waals surface area (Å²) >= 11 is 5.75. The molecule has 1 aliphatic rings. The smallest absolute Gasteiger partial charge is 0.228 e. The van der Waals surface area contributed by atoms with E-state index in [9.17, 15) is 13.2 Å². The second-order valence-corrected chi connectivity index (χ2v) is 6.27. The number of aromatic nitrogens is 1. The van der Waals surface area contributed by atoms with E-state index in [0.29, 0.717) is 12.4 Å². The number of halogens is 1. The number of rotatable bonds is 3. The Kier molecular flexibility index (Phi) is 3.56. The molecular formula is C10H12ClN3O3S. The Morgan fingerprint density at radius 1 is 1.50 bits per heavy atom. The summed E-state index contributed by atoms with van der Waals surface area (Å²) in [6.45, 7) is 0.294. The molecule has 2 heterocycles. The van der Waals surface area contributed by atoms with Gasteiger partial charge in [0.2, 0.25) is 15.9 Å². The minimum absolute atomic E-state index is 0.157. The molecule has 0 aliphatic carbocycles. The van der Waals surface area contributed by atoms with Crippen LogP contribution in [-0.2, 0) is 14.8 Å². The van der Waals surface area contributed by atoms with Gasteiger partial charge >= 0.3 is 0 Å². The molecule has 0 spiro atoms. The molecule has 0 saturated carbocycles. The zero-order valence-corrected chi connectivity index (χ0v) is 11.0. The van der Waals surface area contributed by atoms with Crippen molar-refractivity contribution in [2.45, 2.75) is 6.42 Å². The van der Waals surface area contributed by atoms with Gasteiger partial charge in [0, 0.05) is 18.9 Å². The minimum Gasteiger partial charge on any atom is -0.296 e. The highest BCUT2D eigenvalue weighted by atomic mass is 35.5. The third-order valence-corrected chi connectivity index (χ3v) is 3.80. The van der Waals surface area contributed by atoms with Gasteiger partial charge in [0.25, 0.3) is 0 Å². The lowest BCUT2D eigenvalue weighted by Gasteiger charge is -2.15. The molecule has 18 heavy (non-hydrogen) atoms. The molecule has 8 heteroatoms. The second kappa shape index (κ2) is 4.83. The van der Waals surface area contributed by atoms with E-state index in [-0.39, 0.29) is 29.2 Å². The van der Waals surface area contributed by atoms with Crippen molar-refractivity contribution in [1.82, 2.24) is 4.98 Å². The summed E-state index contributed by atoms with van der Waals surface area (Å²) in [5.74, 6) is -0.230. The molecule has 1 unspecified atom stereocenters. The van der Waals surface area contributed by atoms with Crippen molar-refractivity contribution in [1.29, 1.82) is 0 Å². The molecule has 98 valence electrons. The van der Waals surface area contributed by atoms with Gasteiger partial charge in [-0.3, -0.25) is 9.69 Å². The fraction of sp³-hybridized carbons (Fsp3) is 0.400. The normalized spacial score (nSPS) is 20.4. The highest BCUT2D eigenvalue weighted by molar-refractivity contribution is 7.89. The molecule has 1 aromatic heterocycles. The number of anilines is 1. The Balaban J connectivity index is 2.15. The van der Waals surface area contributed by atoms with Gasteiger partial charge in [0.05, 0.1) is 5.75 Å². The van der Waals surface area contributed by atoms with E-state index in [1.54, 1.807) is 18.2 Å². The molecule has 1 fully saturated rings. The van der Waals surface area contributed by atoms with Gasteiger partial charge in [-0.05, 0) is 12.1 Å². The average Bonchev–Trinajstić information content (AvgIpc) is 2.56. The van der Waals surface area contributed by atoms with Crippen LogP contribution in [0.4, 0.5) is 5.82 Å². The molecule has 1 aromatic rings. The zero-order chi connectivity index (χ0) is 13.3. The first kappa shape index (κ1) is 13.3. The molecule has 1 amide bonds. The minimum atomic E-state index is -3.57. The van der Waals surface area contributed by atoms with Crippen molar-refractivity contribution in [3.8, 4) is 0 Å². The number of carbonyl (C=O) groups is 1. The highest BCUT2D eigenvalue weighted by Crippen LogP contribution is 2.25. The van der Waals surface area contributed by atoms with Crippen LogP contribution >= 0.6 is 11.6 Å². The summed E-state index contributed by atoms with van der Waals surface area (Å²) in [7, 11) is -3.57. The maximum Gasteiger partial charge on any atom is 0.228 e. The van der Waals surface area contributed by atoms with Crippen LogP contribution in [0, 0.1) is 5.92 Å². The fourth-order valence-electron chi connectivity index (χ4n) is 1.99. The Morgan fingerprint density at radius 3 is 2.83 bits per heavy atom. The number of amides is 1. The summed E-state index contributed by atoms with van der Waals surface area (Å²) < 4.78 is 22.0. The van der Waals surface area contributed by atoms with Crippen LogP contribution in [0.1, 0.15) is 6.42 Å². The first-order valence-electron chi connectivity index (χ1n) is 5.28. The van der Waals surface area contributed by atoms with Gasteiger partial charge in [0.1, 0.15) is 11.0 Å². The topological polar surface area (TPSA) is 93.4 Å². The largest absolute Gasteiger partial charge is 0.296 e. The second-order valence-electron chi connectivity index (χ2n) is 4.22. The van der Waals surface area contributed by atoms with E-state index in [1.165, 1.54) is 4.90 Å². The number of nitrogens with zero attached hydrogens (tertiary/aromatic N) is 2. The van der Waals surface area contributed by atoms with Crippen molar-refractivity contribution in [2.24, 2.45) is 11.1 Å². The third kappa shape index (κ3) is 3.18. The van der Waals surface area contributed by atoms with E-state index < -0.39 is 10.0 Å². The predicted molar refractivity (Wildman–Crippen MR) is 67.7 cm³/mol. The standard InChI is InChI=1S/C10H12ClN3O3S/c11-8-2-1-3-9(13-8)14-5-7(4-10(14)15)6-18(12,16)17/h1-3,7H,4-6H2,(H2,12,16,17). The van der Waals surface area contributed by atoms with Crippen molar-refractivity contribution in [3.63, 3.8) is 0 Å². The van der Waals surface area contributed by atoms with Crippen LogP contribution in [-0.4, -0.2) is 31.6 Å². The Bertz CT molecular complexity index is 575. The molecule has 2 N–H and O–H groups in total. The zero-order valence-electron chi connectivity index (χ0n) is 9.41. The molecule has 1 atom stereocenters. The summed E-state index contributed by atoms with van der Waals surface area (Å²) in [6.07, 6.45) is 0.157. The molecular weight excluding hydrogens is 278 g/mol. The summed E-state index contributed by atoms with van der Waals surface area (Å²) in [4.78, 5) is 17.2. The number of carbonyl (C=O) groups excluding carboxylic acids is 1. The molecule has 0 aromatic carbocycles. The van der Waals surface area contributed by atoms with Gasteiger partial charge < -0.3 is 0 Å². The van der Waals surface area contributed by atoms with E-state index in [1.807, 2.05) is 0 Å². The lowest BCUT2D eigenvalue weighted by atomic mass is 10.1. The monoisotopic (exact) mass is 289 g/mol. The van der Waals surface area contributed by atoms with Crippen LogP contribution in [0.25, 0.3) is 0 Å². The molecule has 6 nitrogen and oxygen atoms in total. The van der Waals surface area contributed by atoms with Crippen LogP contribution in [0.15, 0.2) is 18.2 Å². The predicted octanol–water partition coefficient (Wildman–Crippen LogP) is 0.376. The number of nitrogens with two attached hydrogens (primary N) is 1. The van der Waals surface area contributed by atoms with E-state index in [4.69, 9.17) is 16.7 Å². The first-order valence-corrected chi connectivity index (χ1v) is 7.38. The number of primary sulfonamides is 1. The maximum absolute atomic E-state index is 11.8. The molecule has 0 bridgehead atoms. The molecule has 2 rings (SSSR count). The molecule has 0 radical (unpaired) electrons. The summed E-state index contributed by atoms with van der Waals surface area (Å²) in [5, 5.41) is 5.26.